The van der Waals surface area contributed by atoms with Gasteiger partial charge in [0.15, 0.2) is 11.6 Å². The summed E-state index contributed by atoms with van der Waals surface area (Å²) in [5.74, 6) is 1.88. The van der Waals surface area contributed by atoms with E-state index in [1.165, 1.54) is 64.7 Å². The van der Waals surface area contributed by atoms with Crippen molar-refractivity contribution in [3.63, 3.8) is 0 Å². The van der Waals surface area contributed by atoms with Crippen molar-refractivity contribution in [1.29, 1.82) is 0 Å². The van der Waals surface area contributed by atoms with Crippen LogP contribution in [0.1, 0.15) is 51.9 Å². The molecule has 2 fully saturated rings. The van der Waals surface area contributed by atoms with Gasteiger partial charge in [0.2, 0.25) is 17.8 Å². The summed E-state index contributed by atoms with van der Waals surface area (Å²) in [5, 5.41) is 9.96. The van der Waals surface area contributed by atoms with E-state index in [0.717, 1.165) is 19.6 Å². The fourth-order valence-corrected chi connectivity index (χ4v) is 5.00. The zero-order valence-electron chi connectivity index (χ0n) is 19.8. The van der Waals surface area contributed by atoms with Gasteiger partial charge in [0.25, 0.3) is 0 Å². The van der Waals surface area contributed by atoms with Gasteiger partial charge in [-0.25, -0.2) is 4.39 Å². The number of rotatable bonds is 10. The van der Waals surface area contributed by atoms with E-state index < -0.39 is 5.82 Å². The Kier molecular flexibility index (Phi) is 8.15. The predicted octanol–water partition coefficient (Wildman–Crippen LogP) is 3.23. The van der Waals surface area contributed by atoms with E-state index in [2.05, 4.69) is 37.8 Å². The Morgan fingerprint density at radius 1 is 0.970 bits per heavy atom. The number of aromatic nitrogens is 3. The average Bonchev–Trinajstić information content (AvgIpc) is 3.30. The number of benzene rings is 1. The molecule has 1 aromatic carbocycles. The van der Waals surface area contributed by atoms with Crippen LogP contribution in [0.2, 0.25) is 0 Å². The molecular weight excluding hydrogens is 421 g/mol. The van der Waals surface area contributed by atoms with Crippen LogP contribution in [0.25, 0.3) is 0 Å². The summed E-state index contributed by atoms with van der Waals surface area (Å²) in [6.07, 6.45) is 8.89. The largest absolute Gasteiger partial charge is 0.494 e. The number of likely N-dealkylation sites (tertiary alicyclic amines) is 1. The molecule has 2 atom stereocenters. The number of anilines is 4. The van der Waals surface area contributed by atoms with Crippen molar-refractivity contribution >= 4 is 23.5 Å². The third-order valence-corrected chi connectivity index (χ3v) is 6.91. The Hall–Kier alpha value is -2.68. The molecule has 1 aliphatic heterocycles. The average molecular weight is 459 g/mol. The molecule has 1 aromatic heterocycles. The van der Waals surface area contributed by atoms with Crippen LogP contribution >= 0.6 is 0 Å². The topological polar surface area (TPSA) is 88.4 Å². The van der Waals surface area contributed by atoms with Gasteiger partial charge in [-0.1, -0.05) is 19.3 Å². The van der Waals surface area contributed by atoms with Crippen LogP contribution in [0.15, 0.2) is 18.2 Å². The van der Waals surface area contributed by atoms with Crippen LogP contribution < -0.4 is 25.6 Å². The zero-order chi connectivity index (χ0) is 23.0. The van der Waals surface area contributed by atoms with E-state index >= 15 is 0 Å². The number of hydrogen-bond donors (Lipinski definition) is 4. The van der Waals surface area contributed by atoms with E-state index in [9.17, 15) is 4.39 Å². The first-order valence-corrected chi connectivity index (χ1v) is 12.3. The maximum atomic E-state index is 14.2. The highest BCUT2D eigenvalue weighted by molar-refractivity contribution is 5.57. The molecule has 2 aliphatic rings. The molecule has 1 saturated carbocycles. The van der Waals surface area contributed by atoms with Gasteiger partial charge in [-0.2, -0.15) is 15.0 Å². The van der Waals surface area contributed by atoms with Gasteiger partial charge in [-0.05, 0) is 37.8 Å². The predicted molar refractivity (Wildman–Crippen MR) is 129 cm³/mol. The number of likely N-dealkylation sites (N-methyl/N-ethyl adjacent to an activating group) is 1. The molecule has 9 heteroatoms. The van der Waals surface area contributed by atoms with Crippen molar-refractivity contribution < 1.29 is 14.0 Å². The minimum Gasteiger partial charge on any atom is -0.494 e. The van der Waals surface area contributed by atoms with E-state index in [0.29, 0.717) is 35.5 Å². The highest BCUT2D eigenvalue weighted by atomic mass is 19.1. The molecule has 2 heterocycles. The lowest BCUT2D eigenvalue weighted by Crippen LogP contribution is -3.14. The number of halogens is 1. The molecular formula is C24H37FN7O+. The number of hydrogen-bond acceptors (Lipinski definition) is 7. The van der Waals surface area contributed by atoms with Crippen molar-refractivity contribution in [1.82, 2.24) is 15.0 Å². The Morgan fingerprint density at radius 2 is 1.70 bits per heavy atom. The van der Waals surface area contributed by atoms with Crippen LogP contribution in [0.4, 0.5) is 27.9 Å². The molecule has 0 bridgehead atoms. The number of methoxy groups -OCH3 is 1. The van der Waals surface area contributed by atoms with Crippen molar-refractivity contribution in [2.24, 2.45) is 5.92 Å². The number of nitrogens with one attached hydrogen (secondary N) is 4. The van der Waals surface area contributed by atoms with Crippen LogP contribution in [-0.4, -0.2) is 54.3 Å². The molecule has 2 aromatic rings. The minimum atomic E-state index is -0.436. The second-order valence-electron chi connectivity index (χ2n) is 9.15. The molecule has 0 radical (unpaired) electrons. The summed E-state index contributed by atoms with van der Waals surface area (Å²) in [5.41, 5.74) is 0.557. The fraction of sp³-hybridized carbons (Fsp3) is 0.625. The Bertz CT molecular complexity index is 906. The van der Waals surface area contributed by atoms with Gasteiger partial charge in [-0.3, -0.25) is 0 Å². The molecule has 0 spiro atoms. The molecule has 1 saturated heterocycles. The maximum absolute atomic E-state index is 14.2. The standard InChI is InChI=1S/C24H36FN7O/c1-3-32-13-7-10-19(32)16-27-23-29-22(26-15-17-8-5-4-6-9-17)30-24(31-23)28-18-11-12-21(33-2)20(25)14-18/h11-12,14,17,19H,3-10,13,15-16H2,1-2H3,(H3,26,27,28,29,30,31)/p+1. The zero-order valence-corrected chi connectivity index (χ0v) is 19.8. The molecule has 33 heavy (non-hydrogen) atoms. The van der Waals surface area contributed by atoms with E-state index in [-0.39, 0.29) is 5.75 Å². The minimum absolute atomic E-state index is 0.202. The Labute approximate surface area is 195 Å². The first kappa shape index (κ1) is 23.5. The Morgan fingerprint density at radius 3 is 2.39 bits per heavy atom. The summed E-state index contributed by atoms with van der Waals surface area (Å²) >= 11 is 0. The molecule has 2 unspecified atom stereocenters. The number of ether oxygens (including phenoxy) is 1. The van der Waals surface area contributed by atoms with E-state index in [4.69, 9.17) is 4.74 Å². The van der Waals surface area contributed by atoms with E-state index in [1.807, 2.05) is 0 Å². The quantitative estimate of drug-likeness (QED) is 0.435. The third kappa shape index (κ3) is 6.43. The van der Waals surface area contributed by atoms with E-state index in [1.54, 1.807) is 17.0 Å². The summed E-state index contributed by atoms with van der Waals surface area (Å²) < 4.78 is 19.2. The van der Waals surface area contributed by atoms with Crippen molar-refractivity contribution in [3.05, 3.63) is 24.0 Å². The first-order chi connectivity index (χ1) is 16.1. The summed E-state index contributed by atoms with van der Waals surface area (Å²) in [6.45, 7) is 6.28. The van der Waals surface area contributed by atoms with Crippen LogP contribution in [-0.2, 0) is 0 Å². The van der Waals surface area contributed by atoms with Crippen LogP contribution in [0.5, 0.6) is 5.75 Å². The van der Waals surface area contributed by atoms with Crippen molar-refractivity contribution in [2.45, 2.75) is 57.9 Å². The second-order valence-corrected chi connectivity index (χ2v) is 9.15. The van der Waals surface area contributed by atoms with Gasteiger partial charge < -0.3 is 25.6 Å². The van der Waals surface area contributed by atoms with Gasteiger partial charge in [-0.15, -0.1) is 0 Å². The third-order valence-electron chi connectivity index (χ3n) is 6.91. The monoisotopic (exact) mass is 458 g/mol. The van der Waals surface area contributed by atoms with Gasteiger partial charge >= 0.3 is 0 Å². The molecule has 1 aliphatic carbocycles. The smallest absolute Gasteiger partial charge is 0.233 e. The molecule has 8 nitrogen and oxygen atoms in total. The molecule has 0 amide bonds. The van der Waals surface area contributed by atoms with Crippen LogP contribution in [0.3, 0.4) is 0 Å². The number of nitrogens with zero attached hydrogens (tertiary/aromatic N) is 3. The van der Waals surface area contributed by atoms with Crippen molar-refractivity contribution in [3.8, 4) is 5.75 Å². The molecule has 4 rings (SSSR count). The lowest BCUT2D eigenvalue weighted by molar-refractivity contribution is -0.908. The second kappa shape index (κ2) is 11.4. The molecule has 4 N–H and O–H groups in total. The summed E-state index contributed by atoms with van der Waals surface area (Å²) in [6, 6.07) is 5.28. The van der Waals surface area contributed by atoms with Crippen molar-refractivity contribution in [2.75, 3.05) is 49.2 Å². The SMILES string of the molecule is CC[NH+]1CCCC1CNc1nc(NCC2CCCCC2)nc(Nc2ccc(OC)c(F)c2)n1. The molecule has 180 valence electrons. The fourth-order valence-electron chi connectivity index (χ4n) is 5.00. The number of quaternary nitrogens is 1. The first-order valence-electron chi connectivity index (χ1n) is 12.3. The lowest BCUT2D eigenvalue weighted by Gasteiger charge is -2.22. The normalized spacial score (nSPS) is 21.1. The highest BCUT2D eigenvalue weighted by Gasteiger charge is 2.27. The summed E-state index contributed by atoms with van der Waals surface area (Å²) in [4.78, 5) is 15.4. The Balaban J connectivity index is 1.48. The lowest BCUT2D eigenvalue weighted by atomic mass is 9.89. The van der Waals surface area contributed by atoms with Crippen LogP contribution in [0, 0.1) is 11.7 Å². The van der Waals surface area contributed by atoms with Gasteiger partial charge in [0.05, 0.1) is 26.7 Å². The maximum Gasteiger partial charge on any atom is 0.233 e. The van der Waals surface area contributed by atoms with Gasteiger partial charge in [0.1, 0.15) is 6.04 Å². The van der Waals surface area contributed by atoms with Gasteiger partial charge in [0, 0.05) is 31.1 Å². The summed E-state index contributed by atoms with van der Waals surface area (Å²) in [7, 11) is 1.45. The highest BCUT2D eigenvalue weighted by Crippen LogP contribution is 2.25.